The van der Waals surface area contributed by atoms with Gasteiger partial charge in [0, 0.05) is 6.04 Å². The summed E-state index contributed by atoms with van der Waals surface area (Å²) in [5, 5.41) is 11.0. The Bertz CT molecular complexity index is 763. The highest BCUT2D eigenvalue weighted by Crippen LogP contribution is 2.25. The van der Waals surface area contributed by atoms with Crippen molar-refractivity contribution in [2.24, 2.45) is 11.7 Å². The highest BCUT2D eigenvalue weighted by atomic mass is 19.3. The summed E-state index contributed by atoms with van der Waals surface area (Å²) in [5.41, 5.74) is 7.14. The number of nitrogens with zero attached hydrogens (tertiary/aromatic N) is 3. The zero-order valence-electron chi connectivity index (χ0n) is 14.4. The number of carbonyl (C=O) groups is 1. The molecule has 0 aliphatic heterocycles. The van der Waals surface area contributed by atoms with Crippen LogP contribution in [0.25, 0.3) is 5.69 Å². The minimum atomic E-state index is -2.88. The van der Waals surface area contributed by atoms with Gasteiger partial charge in [-0.15, -0.1) is 5.10 Å². The summed E-state index contributed by atoms with van der Waals surface area (Å²) in [4.78, 5) is 12.5. The van der Waals surface area contributed by atoms with E-state index in [0.717, 1.165) is 19.3 Å². The summed E-state index contributed by atoms with van der Waals surface area (Å²) in [6.45, 7) is -0.603. The number of carbonyl (C=O) groups excluding carboxylic acids is 1. The molecule has 0 spiro atoms. The Hall–Kier alpha value is -2.55. The smallest absolute Gasteiger partial charge is 0.387 e. The van der Waals surface area contributed by atoms with Gasteiger partial charge in [-0.2, -0.15) is 8.78 Å². The fraction of sp³-hybridized carbons (Fsp3) is 0.471. The number of hydrogen-bond acceptors (Lipinski definition) is 5. The van der Waals surface area contributed by atoms with E-state index in [1.807, 2.05) is 0 Å². The Labute approximate surface area is 149 Å². The van der Waals surface area contributed by atoms with Gasteiger partial charge in [-0.1, -0.05) is 11.6 Å². The lowest BCUT2D eigenvalue weighted by Gasteiger charge is -2.18. The van der Waals surface area contributed by atoms with Crippen LogP contribution in [0.5, 0.6) is 5.75 Å². The van der Waals surface area contributed by atoms with Crippen LogP contribution in [0.1, 0.15) is 35.4 Å². The quantitative estimate of drug-likeness (QED) is 0.817. The molecule has 3 N–H and O–H groups in total. The van der Waals surface area contributed by atoms with Crippen LogP contribution in [-0.4, -0.2) is 40.1 Å². The third-order valence-corrected chi connectivity index (χ3v) is 4.69. The van der Waals surface area contributed by atoms with E-state index in [4.69, 9.17) is 5.73 Å². The molecule has 1 saturated carbocycles. The van der Waals surface area contributed by atoms with Crippen molar-refractivity contribution in [1.29, 1.82) is 0 Å². The fourth-order valence-corrected chi connectivity index (χ4v) is 3.30. The molecule has 1 aliphatic rings. The molecule has 1 aliphatic carbocycles. The monoisotopic (exact) mass is 365 g/mol. The van der Waals surface area contributed by atoms with Gasteiger partial charge >= 0.3 is 6.61 Å². The topological polar surface area (TPSA) is 95.1 Å². The molecule has 2 unspecified atom stereocenters. The number of rotatable bonds is 6. The zero-order chi connectivity index (χ0) is 18.7. The zero-order valence-corrected chi connectivity index (χ0v) is 14.4. The molecule has 2 atom stereocenters. The molecule has 1 aromatic carbocycles. The summed E-state index contributed by atoms with van der Waals surface area (Å²) in [6, 6.07) is 6.02. The lowest BCUT2D eigenvalue weighted by molar-refractivity contribution is -0.0498. The first-order chi connectivity index (χ1) is 12.5. The van der Waals surface area contributed by atoms with Crippen molar-refractivity contribution in [3.8, 4) is 11.4 Å². The Morgan fingerprint density at radius 1 is 1.38 bits per heavy atom. The summed E-state index contributed by atoms with van der Waals surface area (Å²) in [7, 11) is 0. The van der Waals surface area contributed by atoms with E-state index in [2.05, 4.69) is 20.4 Å². The first-order valence-corrected chi connectivity index (χ1v) is 8.48. The van der Waals surface area contributed by atoms with Gasteiger partial charge in [0.15, 0.2) is 5.69 Å². The Balaban J connectivity index is 1.74. The summed E-state index contributed by atoms with van der Waals surface area (Å²) < 4.78 is 30.2. The molecule has 3 rings (SSSR count). The molecule has 2 aromatic rings. The van der Waals surface area contributed by atoms with Crippen molar-refractivity contribution in [3.63, 3.8) is 0 Å². The second-order valence-electron chi connectivity index (χ2n) is 6.31. The van der Waals surface area contributed by atoms with Crippen LogP contribution in [0.4, 0.5) is 8.78 Å². The summed E-state index contributed by atoms with van der Waals surface area (Å²) in [5.74, 6) is 0.0574. The Kier molecular flexibility index (Phi) is 5.46. The molecule has 1 heterocycles. The molecule has 0 radical (unpaired) electrons. The van der Waals surface area contributed by atoms with E-state index in [1.165, 1.54) is 16.8 Å². The molecule has 7 nitrogen and oxygen atoms in total. The third kappa shape index (κ3) is 3.82. The molecule has 1 fully saturated rings. The van der Waals surface area contributed by atoms with Gasteiger partial charge in [-0.3, -0.25) is 4.79 Å². The predicted octanol–water partition coefficient (Wildman–Crippen LogP) is 2.03. The normalized spacial score (nSPS) is 19.7. The van der Waals surface area contributed by atoms with Crippen LogP contribution in [0.2, 0.25) is 0 Å². The number of benzene rings is 1. The van der Waals surface area contributed by atoms with Crippen molar-refractivity contribution in [1.82, 2.24) is 20.3 Å². The van der Waals surface area contributed by atoms with E-state index in [-0.39, 0.29) is 29.3 Å². The Morgan fingerprint density at radius 2 is 2.12 bits per heavy atom. The summed E-state index contributed by atoms with van der Waals surface area (Å²) in [6.07, 6.45) is 2.97. The maximum atomic E-state index is 12.5. The van der Waals surface area contributed by atoms with E-state index < -0.39 is 6.61 Å². The maximum Gasteiger partial charge on any atom is 0.387 e. The SMILES string of the molecule is Cc1c(C(=O)NC2CCCC2CN)nnn1-c1ccc(OC(F)F)cc1. The second-order valence-corrected chi connectivity index (χ2v) is 6.31. The van der Waals surface area contributed by atoms with Gasteiger partial charge < -0.3 is 15.8 Å². The van der Waals surface area contributed by atoms with E-state index in [1.54, 1.807) is 19.1 Å². The average Bonchev–Trinajstić information content (AvgIpc) is 3.21. The number of aromatic nitrogens is 3. The van der Waals surface area contributed by atoms with Crippen LogP contribution in [0, 0.1) is 12.8 Å². The minimum Gasteiger partial charge on any atom is -0.435 e. The molecule has 1 aromatic heterocycles. The van der Waals surface area contributed by atoms with Crippen molar-refractivity contribution in [2.75, 3.05) is 6.54 Å². The number of hydrogen-bond donors (Lipinski definition) is 2. The standard InChI is InChI=1S/C17H21F2N5O2/c1-10-15(16(25)21-14-4-2-3-11(14)9-20)22-23-24(10)12-5-7-13(8-6-12)26-17(18)19/h5-8,11,14,17H,2-4,9,20H2,1H3,(H,21,25). The highest BCUT2D eigenvalue weighted by Gasteiger charge is 2.29. The van der Waals surface area contributed by atoms with Gasteiger partial charge in [0.05, 0.1) is 11.4 Å². The highest BCUT2D eigenvalue weighted by molar-refractivity contribution is 5.93. The fourth-order valence-electron chi connectivity index (χ4n) is 3.30. The molecule has 1 amide bonds. The van der Waals surface area contributed by atoms with Crippen LogP contribution >= 0.6 is 0 Å². The number of halogens is 2. The lowest BCUT2D eigenvalue weighted by Crippen LogP contribution is -2.40. The number of amides is 1. The van der Waals surface area contributed by atoms with Crippen LogP contribution in [0.15, 0.2) is 24.3 Å². The number of nitrogens with one attached hydrogen (secondary N) is 1. The van der Waals surface area contributed by atoms with Crippen molar-refractivity contribution in [3.05, 3.63) is 35.7 Å². The lowest BCUT2D eigenvalue weighted by atomic mass is 10.0. The molecule has 9 heteroatoms. The number of alkyl halides is 2. The van der Waals surface area contributed by atoms with Gasteiger partial charge in [0.25, 0.3) is 5.91 Å². The van der Waals surface area contributed by atoms with E-state index in [9.17, 15) is 13.6 Å². The molecule has 26 heavy (non-hydrogen) atoms. The second kappa shape index (κ2) is 7.77. The summed E-state index contributed by atoms with van der Waals surface area (Å²) >= 11 is 0. The first kappa shape index (κ1) is 18.2. The number of ether oxygens (including phenoxy) is 1. The largest absolute Gasteiger partial charge is 0.435 e. The van der Waals surface area contributed by atoms with Crippen molar-refractivity contribution < 1.29 is 18.3 Å². The third-order valence-electron chi connectivity index (χ3n) is 4.69. The molecule has 0 saturated heterocycles. The first-order valence-electron chi connectivity index (χ1n) is 8.48. The van der Waals surface area contributed by atoms with Crippen molar-refractivity contribution in [2.45, 2.75) is 38.8 Å². The molecular weight excluding hydrogens is 344 g/mol. The Morgan fingerprint density at radius 3 is 2.77 bits per heavy atom. The van der Waals surface area contributed by atoms with Crippen molar-refractivity contribution >= 4 is 5.91 Å². The number of nitrogens with two attached hydrogens (primary N) is 1. The van der Waals surface area contributed by atoms with Gasteiger partial charge in [0.2, 0.25) is 0 Å². The van der Waals surface area contributed by atoms with E-state index in [0.29, 0.717) is 17.9 Å². The molecular formula is C17H21F2N5O2. The minimum absolute atomic E-state index is 0.0496. The average molecular weight is 365 g/mol. The molecule has 0 bridgehead atoms. The molecule has 140 valence electrons. The van der Waals surface area contributed by atoms with Crippen LogP contribution < -0.4 is 15.8 Å². The maximum absolute atomic E-state index is 12.5. The predicted molar refractivity (Wildman–Crippen MR) is 90.4 cm³/mol. The van der Waals surface area contributed by atoms with Crippen LogP contribution in [-0.2, 0) is 0 Å². The van der Waals surface area contributed by atoms with Gasteiger partial charge in [-0.25, -0.2) is 4.68 Å². The van der Waals surface area contributed by atoms with Crippen LogP contribution in [0.3, 0.4) is 0 Å². The van der Waals surface area contributed by atoms with Gasteiger partial charge in [0.1, 0.15) is 5.75 Å². The van der Waals surface area contributed by atoms with E-state index >= 15 is 0 Å². The van der Waals surface area contributed by atoms with Gasteiger partial charge in [-0.05, 0) is 56.5 Å².